The number of pyridine rings is 4. The molecule has 16 rings (SSSR count). The van der Waals surface area contributed by atoms with E-state index in [1.54, 1.807) is 146 Å². The fraction of sp³-hybridized carbons (Fsp3) is 0.0962. The summed E-state index contributed by atoms with van der Waals surface area (Å²) in [6, 6.07) is 89.7. The molecule has 0 atom stereocenters. The number of fused-ring (bicyclic) bond motifs is 6. The van der Waals surface area contributed by atoms with Crippen molar-refractivity contribution >= 4 is 103 Å². The average molecular weight is 2220 g/mol. The molecule has 0 radical (unpaired) electrons. The van der Waals surface area contributed by atoms with E-state index in [0.29, 0.717) is 0 Å². The van der Waals surface area contributed by atoms with Crippen LogP contribution >= 0.6 is 0 Å². The molecule has 16 aromatic rings. The molecule has 28 heteroatoms. The van der Waals surface area contributed by atoms with E-state index < -0.39 is 59.7 Å². The van der Waals surface area contributed by atoms with Gasteiger partial charge in [-0.15, -0.1) is 0 Å². The molecule has 0 aliphatic rings. The molecule has 0 bridgehead atoms. The Bertz CT molecular complexity index is 5200. The van der Waals surface area contributed by atoms with Crippen LogP contribution in [0.1, 0.15) is 159 Å². The quantitative estimate of drug-likeness (QED) is 0.0909. The van der Waals surface area contributed by atoms with Gasteiger partial charge in [-0.05, 0) is 149 Å². The van der Waals surface area contributed by atoms with Crippen LogP contribution in [-0.4, -0.2) is 79.6 Å². The van der Waals surface area contributed by atoms with Gasteiger partial charge in [0.2, 0.25) is 0 Å². The van der Waals surface area contributed by atoms with E-state index in [4.69, 9.17) is 0 Å². The van der Waals surface area contributed by atoms with E-state index in [1.807, 2.05) is 93.5 Å². The normalized spacial score (nSPS) is 9.35. The summed E-state index contributed by atoms with van der Waals surface area (Å²) in [5.41, 5.74) is 16.6. The summed E-state index contributed by atoms with van der Waals surface area (Å²) in [6.07, 6.45) is 7.21. The van der Waals surface area contributed by atoms with E-state index in [9.17, 15) is 99.0 Å². The molecule has 24 nitrogen and oxygen atoms in total. The molecule has 0 unspecified atom stereocenters. The van der Waals surface area contributed by atoms with Gasteiger partial charge >= 0.3 is 137 Å². The number of carboxylic acid groups (broad SMARTS) is 10. The van der Waals surface area contributed by atoms with E-state index in [-0.39, 0.29) is 193 Å². The molecule has 0 aliphatic heterocycles. The fourth-order valence-electron chi connectivity index (χ4n) is 10.3. The van der Waals surface area contributed by atoms with E-state index in [1.165, 1.54) is 121 Å². The summed E-state index contributed by atoms with van der Waals surface area (Å²) < 4.78 is 0. The smallest absolute Gasteiger partial charge is 0.545 e. The number of aryl methyl sites for hydroxylation is 10. The Hall–Kier alpha value is -12.4. The maximum Gasteiger partial charge on any atom is 3.00 e. The van der Waals surface area contributed by atoms with Gasteiger partial charge in [-0.2, -0.15) is 0 Å². The number of nitrogens with zero attached hydrogens (tertiary/aromatic N) is 4. The third kappa shape index (κ3) is 44.4. The van der Waals surface area contributed by atoms with Crippen LogP contribution in [0.2, 0.25) is 0 Å². The number of carbonyl (C=O) groups excluding carboxylic acids is 10. The molecule has 132 heavy (non-hydrogen) atoms. The van der Waals surface area contributed by atoms with Gasteiger partial charge in [-0.1, -0.05) is 347 Å². The number of benzene rings is 12. The number of carbonyl (C=O) groups is 10. The van der Waals surface area contributed by atoms with Crippen molar-refractivity contribution in [2.45, 2.75) is 69.2 Å². The first-order valence-corrected chi connectivity index (χ1v) is 38.9. The van der Waals surface area contributed by atoms with Crippen LogP contribution in [-0.2, 0) is 54.6 Å². The minimum Gasteiger partial charge on any atom is -0.545 e. The Balaban J connectivity index is 0.000000720. The first-order valence-electron chi connectivity index (χ1n) is 38.9. The van der Waals surface area contributed by atoms with Gasteiger partial charge in [0.15, 0.2) is 0 Å². The zero-order valence-electron chi connectivity index (χ0n) is 73.9. The average Bonchev–Trinajstić information content (AvgIpc) is 0.800. The Morgan fingerprint density at radius 1 is 0.159 bits per heavy atom. The van der Waals surface area contributed by atoms with Crippen LogP contribution in [0.25, 0.3) is 43.6 Å². The van der Waals surface area contributed by atoms with Crippen LogP contribution in [0.4, 0.5) is 0 Å². The number of aromatic carboxylic acids is 10. The predicted octanol–water partition coefficient (Wildman–Crippen LogP) is 9.15. The largest absolute Gasteiger partial charge is 3.00 e. The van der Waals surface area contributed by atoms with Crippen LogP contribution in [0.3, 0.4) is 0 Å². The second-order valence-corrected chi connectivity index (χ2v) is 28.0. The second-order valence-electron chi connectivity index (χ2n) is 28.0. The van der Waals surface area contributed by atoms with Crippen molar-refractivity contribution in [3.8, 4) is 0 Å². The van der Waals surface area contributed by atoms with Crippen molar-refractivity contribution < 1.29 is 236 Å². The SMILES string of the molecule is Cc1ccc(C(=O)[O-])cc1.Cc1ccc(C(=O)[O-])cc1.Cc1ccc(C(=O)[O-])cc1.Cc1ccc(C(=O)[O-])cc1.Cc1ccc(C(=O)[O-])cc1.Cc1ccc(C(=O)[O-])cc1.Cc1ccc(C(=O)[O-])cc1.Cc1ccc(C(=O)[O-])cc1.Cc1ccc(C(=O)[O-])cc1.Cc1ccc(C(=O)[O-])cc1.[Cd+2].[Cd+2].[Pr+3].[Pr+3].c1cnc2c(c1)ccc1cccnc12.c1cnc2c(c1)ccc1cccnc12. The molecule has 4 heterocycles. The van der Waals surface area contributed by atoms with Gasteiger partial charge in [0.05, 0.1) is 81.8 Å². The van der Waals surface area contributed by atoms with Crippen LogP contribution in [0, 0.1) is 152 Å². The first kappa shape index (κ1) is 118. The van der Waals surface area contributed by atoms with Gasteiger partial charge < -0.3 is 99.0 Å². The molecule has 0 aliphatic carbocycles. The Morgan fingerprint density at radius 2 is 0.250 bits per heavy atom. The molecule has 0 spiro atoms. The molecule has 0 saturated heterocycles. The number of carboxylic acids is 10. The predicted molar refractivity (Wildman–Crippen MR) is 469 cm³/mol. The summed E-state index contributed by atoms with van der Waals surface area (Å²) in [7, 11) is 0. The maximum atomic E-state index is 10.2. The minimum atomic E-state index is -1.12. The van der Waals surface area contributed by atoms with Gasteiger partial charge in [0, 0.05) is 46.3 Å². The first-order chi connectivity index (χ1) is 60.9. The minimum absolute atomic E-state index is 0. The third-order valence-corrected chi connectivity index (χ3v) is 17.6. The molecule has 0 N–H and O–H groups in total. The van der Waals surface area contributed by atoms with E-state index in [2.05, 4.69) is 68.5 Å². The molecule has 0 fully saturated rings. The molecule has 652 valence electrons. The number of aromatic nitrogens is 4. The zero-order chi connectivity index (χ0) is 94.4. The summed E-state index contributed by atoms with van der Waals surface area (Å²) in [4.78, 5) is 119. The summed E-state index contributed by atoms with van der Waals surface area (Å²) >= 11 is 0. The standard InChI is InChI=1S/2C12H8N2.10C8H8O2.2Cd.2Pr/c2*1-3-9-5-6-10-4-2-8-14-12(10)11(9)13-7-1;10*1-6-2-4-7(5-3-6)8(9)10;;;;/h2*1-8H;10*2-5H,1H3,(H,9,10);;;;/q;;;;;;;;;;;;2*+2;2*+3/p-10. The molecule has 0 saturated carbocycles. The van der Waals surface area contributed by atoms with Crippen molar-refractivity contribution in [3.05, 3.63) is 452 Å². The maximum absolute atomic E-state index is 10.2. The van der Waals surface area contributed by atoms with E-state index in [0.717, 1.165) is 99.2 Å². The van der Waals surface area contributed by atoms with Crippen molar-refractivity contribution in [1.82, 2.24) is 19.9 Å². The van der Waals surface area contributed by atoms with Crippen LogP contribution < -0.4 is 51.1 Å². The molecule has 4 aromatic heterocycles. The third-order valence-electron chi connectivity index (χ3n) is 17.6. The van der Waals surface area contributed by atoms with Gasteiger partial charge in [0.1, 0.15) is 0 Å². The fourth-order valence-corrected chi connectivity index (χ4v) is 10.3. The van der Waals surface area contributed by atoms with E-state index >= 15 is 0 Å². The molecule has 0 amide bonds. The number of rotatable bonds is 10. The molecular formula is C104H86Cd2N4O20Pr2. The molecular weight excluding hydrogens is 2130 g/mol. The Morgan fingerprint density at radius 3 is 0.333 bits per heavy atom. The summed E-state index contributed by atoms with van der Waals surface area (Å²) in [5, 5.41) is 107. The summed E-state index contributed by atoms with van der Waals surface area (Å²) in [6.45, 7) is 19.0. The zero-order valence-corrected chi connectivity index (χ0v) is 89.3. The van der Waals surface area contributed by atoms with Crippen LogP contribution in [0.15, 0.2) is 340 Å². The number of hydrogen-bond acceptors (Lipinski definition) is 24. The Kier molecular flexibility index (Phi) is 55.9. The topological polar surface area (TPSA) is 453 Å². The van der Waals surface area contributed by atoms with Gasteiger partial charge in [0.25, 0.3) is 0 Å². The second kappa shape index (κ2) is 62.8. The van der Waals surface area contributed by atoms with Gasteiger partial charge in [-0.25, -0.2) is 0 Å². The van der Waals surface area contributed by atoms with Crippen molar-refractivity contribution in [2.24, 2.45) is 0 Å². The van der Waals surface area contributed by atoms with Crippen molar-refractivity contribution in [1.29, 1.82) is 0 Å². The van der Waals surface area contributed by atoms with Crippen molar-refractivity contribution in [2.75, 3.05) is 0 Å². The van der Waals surface area contributed by atoms with Gasteiger partial charge in [-0.3, -0.25) is 19.9 Å². The number of hydrogen-bond donors (Lipinski definition) is 0. The van der Waals surface area contributed by atoms with Crippen LogP contribution in [0.5, 0.6) is 0 Å². The van der Waals surface area contributed by atoms with Crippen molar-refractivity contribution in [3.63, 3.8) is 0 Å². The Labute approximate surface area is 870 Å². The summed E-state index contributed by atoms with van der Waals surface area (Å²) in [5.74, 6) is -11.2. The monoisotopic (exact) mass is 2220 g/mol. The molecule has 12 aromatic carbocycles.